The van der Waals surface area contributed by atoms with E-state index < -0.39 is 11.6 Å². The van der Waals surface area contributed by atoms with Crippen LogP contribution in [0, 0.1) is 23.2 Å². The predicted octanol–water partition coefficient (Wildman–Crippen LogP) is 5.52. The first-order chi connectivity index (χ1) is 19.6. The Morgan fingerprint density at radius 2 is 1.90 bits per heavy atom. The van der Waals surface area contributed by atoms with Gasteiger partial charge in [0.15, 0.2) is 11.5 Å². The van der Waals surface area contributed by atoms with Crippen molar-refractivity contribution in [3.63, 3.8) is 0 Å². The fourth-order valence-electron chi connectivity index (χ4n) is 5.57. The number of carbonyl (C=O) groups excluding carboxylic acids is 1. The summed E-state index contributed by atoms with van der Waals surface area (Å²) in [6, 6.07) is 11.9. The van der Waals surface area contributed by atoms with Gasteiger partial charge in [0.25, 0.3) is 5.56 Å². The predicted molar refractivity (Wildman–Crippen MR) is 155 cm³/mol. The number of H-pyrrole nitrogens is 1. The van der Waals surface area contributed by atoms with Crippen LogP contribution in [0.15, 0.2) is 47.5 Å². The molecule has 11 nitrogen and oxygen atoms in total. The van der Waals surface area contributed by atoms with Gasteiger partial charge in [-0.2, -0.15) is 10.4 Å². The molecule has 0 saturated heterocycles. The number of aromatic amines is 1. The lowest BCUT2D eigenvalue weighted by atomic mass is 9.85. The molecule has 0 radical (unpaired) electrons. The molecule has 0 spiro atoms. The maximum absolute atomic E-state index is 12.9. The second-order valence-corrected chi connectivity index (χ2v) is 12.0. The third kappa shape index (κ3) is 5.87. The van der Waals surface area contributed by atoms with E-state index in [0.29, 0.717) is 16.7 Å². The summed E-state index contributed by atoms with van der Waals surface area (Å²) in [6.07, 6.45) is 6.98. The van der Waals surface area contributed by atoms with Crippen molar-refractivity contribution in [2.24, 2.45) is 11.8 Å². The molecule has 3 heterocycles. The van der Waals surface area contributed by atoms with Crippen LogP contribution in [0.2, 0.25) is 0 Å². The fraction of sp³-hybridized carbons (Fsp3) is 0.467. The molecule has 4 aromatic rings. The second kappa shape index (κ2) is 11.2. The Balaban J connectivity index is 1.42. The number of nitrogens with one attached hydrogen (secondary N) is 2. The van der Waals surface area contributed by atoms with Crippen LogP contribution in [0.25, 0.3) is 10.9 Å². The Kier molecular flexibility index (Phi) is 7.67. The molecule has 11 heteroatoms. The van der Waals surface area contributed by atoms with Crippen LogP contribution < -0.4 is 10.9 Å². The van der Waals surface area contributed by atoms with Crippen LogP contribution >= 0.6 is 0 Å². The summed E-state index contributed by atoms with van der Waals surface area (Å²) in [5.74, 6) is -0.0417. The summed E-state index contributed by atoms with van der Waals surface area (Å²) in [6.45, 7) is 9.59. The van der Waals surface area contributed by atoms with Crippen LogP contribution in [0.4, 0.5) is 11.5 Å². The first kappa shape index (κ1) is 28.1. The Labute approximate surface area is 238 Å². The molecule has 1 aliphatic carbocycles. The smallest absolute Gasteiger partial charge is 0.361 e. The molecule has 0 bridgehead atoms. The number of hydrogen-bond acceptors (Lipinski definition) is 8. The summed E-state index contributed by atoms with van der Waals surface area (Å²) in [5, 5.41) is 26.6. The van der Waals surface area contributed by atoms with Gasteiger partial charge in [-0.05, 0) is 63.3 Å². The molecule has 2 unspecified atom stereocenters. The number of pyridine rings is 1. The average Bonchev–Trinajstić information content (AvgIpc) is 3.55. The molecule has 1 fully saturated rings. The van der Waals surface area contributed by atoms with Crippen molar-refractivity contribution in [3.8, 4) is 6.07 Å². The van der Waals surface area contributed by atoms with Crippen molar-refractivity contribution in [3.05, 3.63) is 64.3 Å². The third-order valence-electron chi connectivity index (χ3n) is 7.39. The van der Waals surface area contributed by atoms with E-state index in [2.05, 4.69) is 40.5 Å². The molecule has 1 aromatic carbocycles. The average molecular weight is 557 g/mol. The molecular weight excluding hydrogens is 520 g/mol. The quantitative estimate of drug-likeness (QED) is 0.283. The highest BCUT2D eigenvalue weighted by atomic mass is 16.6. The van der Waals surface area contributed by atoms with E-state index in [1.165, 1.54) is 0 Å². The van der Waals surface area contributed by atoms with Gasteiger partial charge >= 0.3 is 5.97 Å². The minimum absolute atomic E-state index is 0.0731. The van der Waals surface area contributed by atoms with Crippen molar-refractivity contribution in [1.82, 2.24) is 29.8 Å². The zero-order chi connectivity index (χ0) is 29.3. The maximum Gasteiger partial charge on any atom is 0.361 e. The largest absolute Gasteiger partial charge is 0.455 e. The van der Waals surface area contributed by atoms with Gasteiger partial charge in [0, 0.05) is 11.9 Å². The standard InChI is InChI=1S/C30H36N8O3/c1-18(2)26(37-17-22(34-36-37)29(40)41-30(3,4)5)19-10-12-21(13-11-19)33-27-25-24(14-15-32-28(25)39)38(35-27)23-9-7-6-8-20(23)16-31/h10-15,17-18,20,23,26H,6-9H2,1-5H3,(H,32,39)(H,33,35)/t20?,23-,26?/m0/s1. The SMILES string of the molecule is CC(C)C(c1ccc(Nc2nn([C@H]3CCCCC3C#N)c3cc[nH]c(=O)c23)cc1)n1cc(C(=O)OC(C)(C)C)nn1. The fourth-order valence-corrected chi connectivity index (χ4v) is 5.57. The molecule has 41 heavy (non-hydrogen) atoms. The minimum atomic E-state index is -0.624. The summed E-state index contributed by atoms with van der Waals surface area (Å²) in [4.78, 5) is 28.1. The molecule has 0 aliphatic heterocycles. The zero-order valence-corrected chi connectivity index (χ0v) is 24.1. The van der Waals surface area contributed by atoms with E-state index in [9.17, 15) is 14.9 Å². The first-order valence-corrected chi connectivity index (χ1v) is 14.1. The highest BCUT2D eigenvalue weighted by Gasteiger charge is 2.30. The molecule has 3 aromatic heterocycles. The zero-order valence-electron chi connectivity index (χ0n) is 24.1. The van der Waals surface area contributed by atoms with Gasteiger partial charge in [-0.15, -0.1) is 5.10 Å². The number of aromatic nitrogens is 6. The molecule has 1 aliphatic rings. The lowest BCUT2D eigenvalue weighted by molar-refractivity contribution is 0.00626. The molecule has 5 rings (SSSR count). The highest BCUT2D eigenvalue weighted by Crippen LogP contribution is 2.37. The topological polar surface area (TPSA) is 144 Å². The highest BCUT2D eigenvalue weighted by molar-refractivity contribution is 5.91. The summed E-state index contributed by atoms with van der Waals surface area (Å²) in [5.41, 5.74) is 1.77. The van der Waals surface area contributed by atoms with E-state index in [-0.39, 0.29) is 35.2 Å². The van der Waals surface area contributed by atoms with Crippen molar-refractivity contribution in [1.29, 1.82) is 5.26 Å². The van der Waals surface area contributed by atoms with E-state index >= 15 is 0 Å². The normalized spacial score (nSPS) is 18.3. The van der Waals surface area contributed by atoms with E-state index in [0.717, 1.165) is 36.9 Å². The van der Waals surface area contributed by atoms with Gasteiger partial charge in [0.2, 0.25) is 0 Å². The lowest BCUT2D eigenvalue weighted by Crippen LogP contribution is -2.24. The monoisotopic (exact) mass is 556 g/mol. The Morgan fingerprint density at radius 1 is 1.17 bits per heavy atom. The van der Waals surface area contributed by atoms with Crippen LogP contribution in [-0.2, 0) is 4.74 Å². The molecule has 214 valence electrons. The van der Waals surface area contributed by atoms with Crippen molar-refractivity contribution in [2.45, 2.75) is 78.0 Å². The van der Waals surface area contributed by atoms with Crippen molar-refractivity contribution >= 4 is 28.4 Å². The molecule has 3 atom stereocenters. The molecule has 2 N–H and O–H groups in total. The second-order valence-electron chi connectivity index (χ2n) is 12.0. The van der Waals surface area contributed by atoms with Crippen molar-refractivity contribution in [2.75, 3.05) is 5.32 Å². The molecular formula is C30H36N8O3. The number of hydrogen-bond donors (Lipinski definition) is 2. The molecule has 0 amide bonds. The van der Waals surface area contributed by atoms with Crippen LogP contribution in [0.5, 0.6) is 0 Å². The summed E-state index contributed by atoms with van der Waals surface area (Å²) >= 11 is 0. The van der Waals surface area contributed by atoms with E-state index in [1.807, 2.05) is 55.8 Å². The van der Waals surface area contributed by atoms with Gasteiger partial charge in [0.1, 0.15) is 11.0 Å². The minimum Gasteiger partial charge on any atom is -0.455 e. The Morgan fingerprint density at radius 3 is 2.59 bits per heavy atom. The van der Waals surface area contributed by atoms with E-state index in [4.69, 9.17) is 9.84 Å². The van der Waals surface area contributed by atoms with E-state index in [1.54, 1.807) is 17.1 Å². The summed E-state index contributed by atoms with van der Waals surface area (Å²) in [7, 11) is 0. The van der Waals surface area contributed by atoms with Crippen LogP contribution in [0.1, 0.15) is 88.4 Å². The number of fused-ring (bicyclic) bond motifs is 1. The molecule has 1 saturated carbocycles. The van der Waals surface area contributed by atoms with Gasteiger partial charge in [-0.3, -0.25) is 9.48 Å². The van der Waals surface area contributed by atoms with Gasteiger partial charge in [-0.25, -0.2) is 9.48 Å². The van der Waals surface area contributed by atoms with Gasteiger partial charge in [0.05, 0.1) is 35.8 Å². The number of ether oxygens (including phenoxy) is 1. The Bertz CT molecular complexity index is 1640. The van der Waals surface area contributed by atoms with Gasteiger partial charge in [-0.1, -0.05) is 44.0 Å². The lowest BCUT2D eigenvalue weighted by Gasteiger charge is -2.27. The van der Waals surface area contributed by atoms with Crippen LogP contribution in [0.3, 0.4) is 0 Å². The number of esters is 1. The maximum atomic E-state index is 12.9. The number of nitrogens with zero attached hydrogens (tertiary/aromatic N) is 6. The number of carbonyl (C=O) groups is 1. The number of anilines is 2. The summed E-state index contributed by atoms with van der Waals surface area (Å²) < 4.78 is 8.98. The number of nitriles is 1. The number of rotatable bonds is 7. The van der Waals surface area contributed by atoms with Gasteiger partial charge < -0.3 is 15.0 Å². The van der Waals surface area contributed by atoms with Crippen LogP contribution in [-0.4, -0.2) is 41.3 Å². The number of benzene rings is 1. The third-order valence-corrected chi connectivity index (χ3v) is 7.39. The van der Waals surface area contributed by atoms with Crippen molar-refractivity contribution < 1.29 is 9.53 Å². The first-order valence-electron chi connectivity index (χ1n) is 14.1. The Hall–Kier alpha value is -4.46.